The largest absolute Gasteiger partial charge is 0.507 e. The van der Waals surface area contributed by atoms with Gasteiger partial charge in [-0.05, 0) is 43.0 Å². The first kappa shape index (κ1) is 21.4. The van der Waals surface area contributed by atoms with Crippen LogP contribution >= 0.6 is 0 Å². The van der Waals surface area contributed by atoms with E-state index < -0.39 is 0 Å². The number of hydrogen-bond acceptors (Lipinski definition) is 3. The van der Waals surface area contributed by atoms with E-state index in [2.05, 4.69) is 4.99 Å². The fraction of sp³-hybridized carbons (Fsp3) is 0.500. The Morgan fingerprint density at radius 1 is 0.862 bits per heavy atom. The Morgan fingerprint density at radius 3 is 2.03 bits per heavy atom. The Hall–Kier alpha value is -2.29. The van der Waals surface area contributed by atoms with Crippen LogP contribution in [0.4, 0.5) is 5.69 Å². The Labute approximate surface area is 175 Å². The number of nitrogens with zero attached hydrogens (tertiary/aromatic N) is 1. The molecule has 0 amide bonds. The molecule has 1 fully saturated rings. The molecule has 0 aromatic heterocycles. The predicted octanol–water partition coefficient (Wildman–Crippen LogP) is 7.54. The van der Waals surface area contributed by atoms with E-state index in [1.807, 2.05) is 42.5 Å². The number of phenolic OH excluding ortho intramolecular Hbond substituents is 1. The number of ether oxygens (including phenoxy) is 1. The van der Waals surface area contributed by atoms with Gasteiger partial charge in [0.1, 0.15) is 11.5 Å². The van der Waals surface area contributed by atoms with Crippen molar-refractivity contribution in [2.75, 3.05) is 7.11 Å². The number of phenols is 1. The van der Waals surface area contributed by atoms with Crippen molar-refractivity contribution in [3.8, 4) is 11.5 Å². The Bertz CT molecular complexity index is 758. The molecule has 0 spiro atoms. The van der Waals surface area contributed by atoms with E-state index in [0.29, 0.717) is 11.7 Å². The van der Waals surface area contributed by atoms with Crippen molar-refractivity contribution in [3.05, 3.63) is 53.6 Å². The first-order valence-corrected chi connectivity index (χ1v) is 11.3. The average Bonchev–Trinajstić information content (AvgIpc) is 2.74. The van der Waals surface area contributed by atoms with E-state index >= 15 is 0 Å². The minimum Gasteiger partial charge on any atom is -0.507 e. The van der Waals surface area contributed by atoms with Gasteiger partial charge in [-0.1, -0.05) is 76.0 Å². The lowest BCUT2D eigenvalue weighted by Gasteiger charge is -2.21. The second kappa shape index (κ2) is 11.6. The summed E-state index contributed by atoms with van der Waals surface area (Å²) in [6, 6.07) is 13.7. The first-order chi connectivity index (χ1) is 14.3. The number of aliphatic imine (C=N–C) groups is 1. The normalized spacial score (nSPS) is 17.6. The number of rotatable bonds is 4. The third kappa shape index (κ3) is 6.62. The van der Waals surface area contributed by atoms with Crippen molar-refractivity contribution in [1.29, 1.82) is 0 Å². The Balaban J connectivity index is 1.84. The van der Waals surface area contributed by atoms with Crippen LogP contribution in [0.2, 0.25) is 0 Å². The smallest absolute Gasteiger partial charge is 0.128 e. The highest BCUT2D eigenvalue weighted by molar-refractivity contribution is 5.86. The van der Waals surface area contributed by atoms with E-state index in [-0.39, 0.29) is 0 Å². The van der Waals surface area contributed by atoms with Crippen molar-refractivity contribution >= 4 is 11.9 Å². The van der Waals surface area contributed by atoms with E-state index in [1.165, 1.54) is 57.8 Å². The highest BCUT2D eigenvalue weighted by Crippen LogP contribution is 2.38. The molecular weight excluding hydrogens is 358 g/mol. The summed E-state index contributed by atoms with van der Waals surface area (Å²) in [4.78, 5) is 4.54. The van der Waals surface area contributed by atoms with Crippen LogP contribution in [0.1, 0.15) is 87.7 Å². The maximum Gasteiger partial charge on any atom is 0.128 e. The number of aromatic hydroxyl groups is 1. The molecular formula is C26H35NO2. The lowest BCUT2D eigenvalue weighted by atomic mass is 9.86. The van der Waals surface area contributed by atoms with Crippen LogP contribution in [0.25, 0.3) is 0 Å². The summed E-state index contributed by atoms with van der Waals surface area (Å²) < 4.78 is 5.56. The molecule has 3 nitrogen and oxygen atoms in total. The molecule has 156 valence electrons. The average molecular weight is 394 g/mol. The molecule has 1 N–H and O–H groups in total. The SMILES string of the molecule is COc1cc(C=Nc2ccccc2)c(O)c(C2CCCCCCCCCCC2)c1. The molecule has 1 aliphatic carbocycles. The minimum absolute atomic E-state index is 0.363. The molecule has 0 saturated heterocycles. The fourth-order valence-corrected chi connectivity index (χ4v) is 4.31. The van der Waals surface area contributed by atoms with E-state index in [0.717, 1.165) is 35.4 Å². The zero-order valence-corrected chi connectivity index (χ0v) is 17.8. The molecule has 0 radical (unpaired) electrons. The van der Waals surface area contributed by atoms with E-state index in [1.54, 1.807) is 13.3 Å². The minimum atomic E-state index is 0.363. The lowest BCUT2D eigenvalue weighted by Crippen LogP contribution is -2.03. The topological polar surface area (TPSA) is 41.8 Å². The fourth-order valence-electron chi connectivity index (χ4n) is 4.31. The van der Waals surface area contributed by atoms with Crippen LogP contribution in [-0.4, -0.2) is 18.4 Å². The van der Waals surface area contributed by atoms with Crippen LogP contribution in [0, 0.1) is 0 Å². The molecule has 0 unspecified atom stereocenters. The molecule has 2 aromatic carbocycles. The number of hydrogen-bond donors (Lipinski definition) is 1. The summed E-state index contributed by atoms with van der Waals surface area (Å²) in [6.45, 7) is 0. The van der Waals surface area contributed by atoms with E-state index in [4.69, 9.17) is 4.74 Å². The molecule has 29 heavy (non-hydrogen) atoms. The molecule has 0 aliphatic heterocycles. The third-order valence-corrected chi connectivity index (χ3v) is 6.03. The Kier molecular flexibility index (Phi) is 8.60. The summed E-state index contributed by atoms with van der Waals surface area (Å²) in [6.07, 6.45) is 15.9. The maximum atomic E-state index is 11.1. The Morgan fingerprint density at radius 2 is 1.45 bits per heavy atom. The monoisotopic (exact) mass is 393 g/mol. The zero-order valence-electron chi connectivity index (χ0n) is 17.8. The summed E-state index contributed by atoms with van der Waals surface area (Å²) in [7, 11) is 1.69. The molecule has 3 rings (SSSR count). The molecule has 2 aromatic rings. The second-order valence-electron chi connectivity index (χ2n) is 8.20. The number of para-hydroxylation sites is 1. The zero-order chi connectivity index (χ0) is 20.3. The molecule has 0 heterocycles. The van der Waals surface area contributed by atoms with Crippen molar-refractivity contribution in [3.63, 3.8) is 0 Å². The van der Waals surface area contributed by atoms with Gasteiger partial charge in [0.25, 0.3) is 0 Å². The van der Waals surface area contributed by atoms with Gasteiger partial charge in [0.2, 0.25) is 0 Å². The van der Waals surface area contributed by atoms with Crippen LogP contribution < -0.4 is 4.74 Å². The van der Waals surface area contributed by atoms with Crippen LogP contribution in [0.15, 0.2) is 47.5 Å². The van der Waals surface area contributed by atoms with Crippen LogP contribution in [0.3, 0.4) is 0 Å². The molecule has 1 saturated carbocycles. The summed E-state index contributed by atoms with van der Waals surface area (Å²) in [5, 5.41) is 11.1. The van der Waals surface area contributed by atoms with Gasteiger partial charge < -0.3 is 9.84 Å². The molecule has 0 bridgehead atoms. The van der Waals surface area contributed by atoms with Crippen LogP contribution in [-0.2, 0) is 0 Å². The van der Waals surface area contributed by atoms with Gasteiger partial charge in [-0.2, -0.15) is 0 Å². The number of benzene rings is 2. The lowest BCUT2D eigenvalue weighted by molar-refractivity contribution is 0.404. The standard InChI is InChI=1S/C26H35NO2/c1-29-24-18-22(20-27-23-16-12-9-13-17-23)26(28)25(19-24)21-14-10-7-5-3-2-4-6-8-11-15-21/h9,12-13,16-21,28H,2-8,10-11,14-15H2,1H3. The third-order valence-electron chi connectivity index (χ3n) is 6.03. The molecule has 1 aliphatic rings. The van der Waals surface area contributed by atoms with Gasteiger partial charge in [-0.3, -0.25) is 4.99 Å². The van der Waals surface area contributed by atoms with Crippen molar-refractivity contribution in [2.45, 2.75) is 76.5 Å². The van der Waals surface area contributed by atoms with Gasteiger partial charge in [0.05, 0.1) is 12.8 Å². The highest BCUT2D eigenvalue weighted by Gasteiger charge is 2.19. The summed E-state index contributed by atoms with van der Waals surface area (Å²) in [5.41, 5.74) is 2.63. The number of methoxy groups -OCH3 is 1. The van der Waals surface area contributed by atoms with E-state index in [9.17, 15) is 5.11 Å². The first-order valence-electron chi connectivity index (χ1n) is 11.3. The predicted molar refractivity (Wildman–Crippen MR) is 122 cm³/mol. The molecule has 0 atom stereocenters. The quantitative estimate of drug-likeness (QED) is 0.545. The summed E-state index contributed by atoms with van der Waals surface area (Å²) >= 11 is 0. The van der Waals surface area contributed by atoms with Crippen molar-refractivity contribution < 1.29 is 9.84 Å². The highest BCUT2D eigenvalue weighted by atomic mass is 16.5. The second-order valence-corrected chi connectivity index (χ2v) is 8.20. The molecule has 3 heteroatoms. The van der Waals surface area contributed by atoms with Gasteiger partial charge in [-0.25, -0.2) is 0 Å². The van der Waals surface area contributed by atoms with Gasteiger partial charge in [0.15, 0.2) is 0 Å². The van der Waals surface area contributed by atoms with Gasteiger partial charge >= 0.3 is 0 Å². The van der Waals surface area contributed by atoms with Crippen molar-refractivity contribution in [1.82, 2.24) is 0 Å². The van der Waals surface area contributed by atoms with Crippen molar-refractivity contribution in [2.24, 2.45) is 4.99 Å². The van der Waals surface area contributed by atoms with Gasteiger partial charge in [0, 0.05) is 17.3 Å². The van der Waals surface area contributed by atoms with Gasteiger partial charge in [-0.15, -0.1) is 0 Å². The summed E-state index contributed by atoms with van der Waals surface area (Å²) in [5.74, 6) is 1.54. The maximum absolute atomic E-state index is 11.1. The van der Waals surface area contributed by atoms with Crippen LogP contribution in [0.5, 0.6) is 11.5 Å².